The van der Waals surface area contributed by atoms with Crippen LogP contribution in [-0.2, 0) is 6.54 Å². The van der Waals surface area contributed by atoms with E-state index < -0.39 is 0 Å². The first-order chi connectivity index (χ1) is 6.74. The third kappa shape index (κ3) is 2.23. The number of halogens is 1. The molecule has 1 aromatic carbocycles. The Bertz CT molecular complexity index is 434. The van der Waals surface area contributed by atoms with Crippen molar-refractivity contribution >= 4 is 15.9 Å². The molecule has 0 aliphatic carbocycles. The first-order valence-corrected chi connectivity index (χ1v) is 5.28. The number of hydrogen-bond acceptors (Lipinski definition) is 1. The zero-order chi connectivity index (χ0) is 9.97. The van der Waals surface area contributed by atoms with Gasteiger partial charge in [-0.15, -0.1) is 0 Å². The maximum atomic E-state index is 4.27. The van der Waals surface area contributed by atoms with E-state index in [0.29, 0.717) is 0 Å². The number of rotatable bonds is 2. The minimum Gasteiger partial charge on any atom is -0.267 e. The summed E-state index contributed by atoms with van der Waals surface area (Å²) in [4.78, 5) is 0. The summed E-state index contributed by atoms with van der Waals surface area (Å²) < 4.78 is 2.80. The van der Waals surface area contributed by atoms with Crippen LogP contribution in [-0.4, -0.2) is 9.78 Å². The summed E-state index contributed by atoms with van der Waals surface area (Å²) in [7, 11) is 0. The second kappa shape index (κ2) is 3.96. The number of hydrogen-bond donors (Lipinski definition) is 0. The Labute approximate surface area is 91.7 Å². The summed E-state index contributed by atoms with van der Waals surface area (Å²) in [5.74, 6) is 0. The van der Waals surface area contributed by atoms with E-state index in [1.165, 1.54) is 11.1 Å². The zero-order valence-corrected chi connectivity index (χ0v) is 9.53. The molecule has 0 atom stereocenters. The molecule has 0 spiro atoms. The van der Waals surface area contributed by atoms with Crippen molar-refractivity contribution in [3.8, 4) is 0 Å². The van der Waals surface area contributed by atoms with E-state index in [1.807, 2.05) is 16.9 Å². The van der Waals surface area contributed by atoms with Crippen LogP contribution in [0.15, 0.2) is 41.1 Å². The summed E-state index contributed by atoms with van der Waals surface area (Å²) in [6.45, 7) is 2.93. The Morgan fingerprint density at radius 3 is 2.86 bits per heavy atom. The summed E-state index contributed by atoms with van der Waals surface area (Å²) in [5.41, 5.74) is 2.56. The van der Waals surface area contributed by atoms with Gasteiger partial charge in [-0.1, -0.05) is 29.8 Å². The molecule has 0 unspecified atom stereocenters. The molecule has 0 saturated heterocycles. The minimum atomic E-state index is 0.827. The molecule has 0 bridgehead atoms. The van der Waals surface area contributed by atoms with Crippen molar-refractivity contribution in [3.05, 3.63) is 52.3 Å². The van der Waals surface area contributed by atoms with Gasteiger partial charge in [0.2, 0.25) is 0 Å². The molecule has 2 aromatic rings. The fourth-order valence-electron chi connectivity index (χ4n) is 1.42. The first-order valence-electron chi connectivity index (χ1n) is 4.48. The molecular weight excluding hydrogens is 240 g/mol. The van der Waals surface area contributed by atoms with Gasteiger partial charge >= 0.3 is 0 Å². The van der Waals surface area contributed by atoms with Crippen LogP contribution in [0.5, 0.6) is 0 Å². The fraction of sp³-hybridized carbons (Fsp3) is 0.182. The molecule has 0 N–H and O–H groups in total. The molecule has 0 aliphatic rings. The van der Waals surface area contributed by atoms with Crippen molar-refractivity contribution in [2.75, 3.05) is 0 Å². The van der Waals surface area contributed by atoms with Crippen molar-refractivity contribution in [3.63, 3.8) is 0 Å². The molecule has 0 saturated carbocycles. The molecule has 2 nitrogen and oxygen atoms in total. The van der Waals surface area contributed by atoms with E-state index in [2.05, 4.69) is 52.2 Å². The van der Waals surface area contributed by atoms with Crippen LogP contribution >= 0.6 is 15.9 Å². The largest absolute Gasteiger partial charge is 0.267 e. The van der Waals surface area contributed by atoms with Gasteiger partial charge in [0.25, 0.3) is 0 Å². The summed E-state index contributed by atoms with van der Waals surface area (Å²) >= 11 is 3.33. The van der Waals surface area contributed by atoms with Crippen LogP contribution < -0.4 is 0 Å². The molecule has 14 heavy (non-hydrogen) atoms. The van der Waals surface area contributed by atoms with Gasteiger partial charge in [-0.2, -0.15) is 5.10 Å². The average molecular weight is 251 g/mol. The second-order valence-corrected chi connectivity index (χ2v) is 4.14. The molecule has 72 valence electrons. The lowest BCUT2D eigenvalue weighted by Crippen LogP contribution is -1.99. The number of nitrogens with zero attached hydrogens (tertiary/aromatic N) is 2. The Balaban J connectivity index is 2.18. The van der Waals surface area contributed by atoms with Gasteiger partial charge in [0, 0.05) is 6.20 Å². The monoisotopic (exact) mass is 250 g/mol. The number of aryl methyl sites for hydroxylation is 1. The van der Waals surface area contributed by atoms with Gasteiger partial charge in [0.1, 0.15) is 4.60 Å². The second-order valence-electron chi connectivity index (χ2n) is 3.33. The van der Waals surface area contributed by atoms with E-state index in [-0.39, 0.29) is 0 Å². The standard InChI is InChI=1S/C11H11BrN2/c1-9-3-2-4-10(7-9)8-14-6-5-11(12)13-14/h2-7H,8H2,1H3. The van der Waals surface area contributed by atoms with Gasteiger partial charge in [-0.25, -0.2) is 0 Å². The van der Waals surface area contributed by atoms with Crippen molar-refractivity contribution < 1.29 is 0 Å². The normalized spacial score (nSPS) is 10.4. The fourth-order valence-corrected chi connectivity index (χ4v) is 1.74. The predicted molar refractivity (Wildman–Crippen MR) is 60.2 cm³/mol. The van der Waals surface area contributed by atoms with E-state index >= 15 is 0 Å². The van der Waals surface area contributed by atoms with Crippen LogP contribution in [0.25, 0.3) is 0 Å². The maximum absolute atomic E-state index is 4.27. The Hall–Kier alpha value is -1.09. The topological polar surface area (TPSA) is 17.8 Å². The Kier molecular flexibility index (Phi) is 2.68. The first kappa shape index (κ1) is 9.46. The molecule has 0 aliphatic heterocycles. The molecule has 2 rings (SSSR count). The van der Waals surface area contributed by atoms with Crippen LogP contribution in [0.4, 0.5) is 0 Å². The van der Waals surface area contributed by atoms with Crippen LogP contribution in [0, 0.1) is 6.92 Å². The number of benzene rings is 1. The highest BCUT2D eigenvalue weighted by Crippen LogP contribution is 2.08. The molecular formula is C11H11BrN2. The van der Waals surface area contributed by atoms with Gasteiger partial charge in [0.15, 0.2) is 0 Å². The lowest BCUT2D eigenvalue weighted by Gasteiger charge is -2.02. The minimum absolute atomic E-state index is 0.827. The van der Waals surface area contributed by atoms with Crippen LogP contribution in [0.3, 0.4) is 0 Å². The van der Waals surface area contributed by atoms with Gasteiger partial charge in [-0.05, 0) is 34.5 Å². The van der Waals surface area contributed by atoms with Gasteiger partial charge in [-0.3, -0.25) is 4.68 Å². The zero-order valence-electron chi connectivity index (χ0n) is 7.94. The van der Waals surface area contributed by atoms with Crippen LogP contribution in [0.2, 0.25) is 0 Å². The highest BCUT2D eigenvalue weighted by molar-refractivity contribution is 9.10. The Morgan fingerprint density at radius 1 is 1.36 bits per heavy atom. The summed E-state index contributed by atoms with van der Waals surface area (Å²) in [6, 6.07) is 10.4. The van der Waals surface area contributed by atoms with E-state index in [1.54, 1.807) is 0 Å². The van der Waals surface area contributed by atoms with Crippen LogP contribution in [0.1, 0.15) is 11.1 Å². The molecule has 3 heteroatoms. The predicted octanol–water partition coefficient (Wildman–Crippen LogP) is 3.00. The summed E-state index contributed by atoms with van der Waals surface area (Å²) in [5, 5.41) is 4.27. The lowest BCUT2D eigenvalue weighted by atomic mass is 10.1. The highest BCUT2D eigenvalue weighted by atomic mass is 79.9. The van der Waals surface area contributed by atoms with E-state index in [4.69, 9.17) is 0 Å². The molecule has 1 aromatic heterocycles. The smallest absolute Gasteiger partial charge is 0.128 e. The van der Waals surface area contributed by atoms with Crippen molar-refractivity contribution in [1.82, 2.24) is 9.78 Å². The van der Waals surface area contributed by atoms with Crippen molar-refractivity contribution in [1.29, 1.82) is 0 Å². The number of aromatic nitrogens is 2. The quantitative estimate of drug-likeness (QED) is 0.802. The average Bonchev–Trinajstić information content (AvgIpc) is 2.51. The molecule has 1 heterocycles. The molecule has 0 radical (unpaired) electrons. The maximum Gasteiger partial charge on any atom is 0.128 e. The van der Waals surface area contributed by atoms with E-state index in [0.717, 1.165) is 11.1 Å². The molecule has 0 amide bonds. The lowest BCUT2D eigenvalue weighted by molar-refractivity contribution is 0.681. The third-order valence-corrected chi connectivity index (χ3v) is 2.46. The van der Waals surface area contributed by atoms with Gasteiger partial charge in [0.05, 0.1) is 6.54 Å². The summed E-state index contributed by atoms with van der Waals surface area (Å²) in [6.07, 6.45) is 1.96. The van der Waals surface area contributed by atoms with E-state index in [9.17, 15) is 0 Å². The third-order valence-electron chi connectivity index (χ3n) is 2.04. The van der Waals surface area contributed by atoms with Gasteiger partial charge < -0.3 is 0 Å². The Morgan fingerprint density at radius 2 is 2.21 bits per heavy atom. The van der Waals surface area contributed by atoms with Crippen molar-refractivity contribution in [2.24, 2.45) is 0 Å². The SMILES string of the molecule is Cc1cccc(Cn2ccc(Br)n2)c1. The molecule has 0 fully saturated rings. The highest BCUT2D eigenvalue weighted by Gasteiger charge is 1.97. The van der Waals surface area contributed by atoms with Crippen molar-refractivity contribution in [2.45, 2.75) is 13.5 Å².